The second-order valence-electron chi connectivity index (χ2n) is 7.95. The highest BCUT2D eigenvalue weighted by Gasteiger charge is 2.45. The zero-order valence-corrected chi connectivity index (χ0v) is 20.8. The molecule has 1 N–H and O–H groups in total. The SMILES string of the molecule is Cc1ccc(N2C(=O)C(O)=C(C(=O)c3cc4cc(Br)ccc4o3)C2c2ccc(Cl)cc2)cc1Cl. The standard InChI is InChI=1S/C26H16BrCl2NO4/c1-13-2-8-18(12-19(13)29)30-23(14-3-6-17(28)7-4-14)22(25(32)26(30)33)24(31)21-11-15-10-16(27)5-9-20(15)34-21/h2-12,23,32H,1H3. The van der Waals surface area contributed by atoms with E-state index >= 15 is 0 Å². The molecule has 0 spiro atoms. The van der Waals surface area contributed by atoms with E-state index in [1.807, 2.05) is 13.0 Å². The number of aryl methyl sites for hydroxylation is 1. The topological polar surface area (TPSA) is 70.8 Å². The number of halogens is 3. The maximum Gasteiger partial charge on any atom is 0.294 e. The van der Waals surface area contributed by atoms with Crippen LogP contribution >= 0.6 is 39.1 Å². The van der Waals surface area contributed by atoms with Crippen molar-refractivity contribution in [3.8, 4) is 0 Å². The highest BCUT2D eigenvalue weighted by molar-refractivity contribution is 9.10. The normalized spacial score (nSPS) is 16.1. The van der Waals surface area contributed by atoms with E-state index in [1.54, 1.807) is 60.7 Å². The number of furan rings is 1. The van der Waals surface area contributed by atoms with Crippen LogP contribution in [0.1, 0.15) is 27.7 Å². The molecule has 0 saturated heterocycles. The molecule has 34 heavy (non-hydrogen) atoms. The predicted molar refractivity (Wildman–Crippen MR) is 136 cm³/mol. The van der Waals surface area contributed by atoms with E-state index in [2.05, 4.69) is 15.9 Å². The number of benzene rings is 3. The van der Waals surface area contributed by atoms with Crippen LogP contribution in [0.3, 0.4) is 0 Å². The maximum atomic E-state index is 13.7. The van der Waals surface area contributed by atoms with E-state index < -0.39 is 23.5 Å². The van der Waals surface area contributed by atoms with E-state index in [1.165, 1.54) is 4.90 Å². The van der Waals surface area contributed by atoms with Crippen molar-refractivity contribution >= 4 is 67.5 Å². The van der Waals surface area contributed by atoms with Gasteiger partial charge in [-0.05, 0) is 66.6 Å². The number of hydrogen-bond acceptors (Lipinski definition) is 4. The number of hydrogen-bond donors (Lipinski definition) is 1. The van der Waals surface area contributed by atoms with Gasteiger partial charge in [0, 0.05) is 25.6 Å². The number of fused-ring (bicyclic) bond motifs is 1. The third kappa shape index (κ3) is 3.82. The molecular weight excluding hydrogens is 541 g/mol. The average molecular weight is 557 g/mol. The fourth-order valence-electron chi connectivity index (χ4n) is 4.05. The Balaban J connectivity index is 1.66. The van der Waals surface area contributed by atoms with Crippen LogP contribution in [0.4, 0.5) is 5.69 Å². The molecule has 2 heterocycles. The van der Waals surface area contributed by atoms with Crippen LogP contribution in [-0.2, 0) is 4.79 Å². The van der Waals surface area contributed by atoms with Crippen molar-refractivity contribution in [2.45, 2.75) is 13.0 Å². The van der Waals surface area contributed by atoms with E-state index in [0.29, 0.717) is 32.3 Å². The first kappa shape index (κ1) is 22.7. The lowest BCUT2D eigenvalue weighted by Gasteiger charge is -2.27. The molecule has 1 aliphatic rings. The predicted octanol–water partition coefficient (Wildman–Crippen LogP) is 7.59. The van der Waals surface area contributed by atoms with Gasteiger partial charge in [-0.2, -0.15) is 0 Å². The monoisotopic (exact) mass is 555 g/mol. The molecule has 1 aromatic heterocycles. The van der Waals surface area contributed by atoms with Crippen LogP contribution in [0.25, 0.3) is 11.0 Å². The number of anilines is 1. The number of rotatable bonds is 4. The summed E-state index contributed by atoms with van der Waals surface area (Å²) in [5, 5.41) is 12.6. The van der Waals surface area contributed by atoms with E-state index in [4.69, 9.17) is 27.6 Å². The summed E-state index contributed by atoms with van der Waals surface area (Å²) in [4.78, 5) is 28.3. The van der Waals surface area contributed by atoms with Gasteiger partial charge in [0.1, 0.15) is 5.58 Å². The summed E-state index contributed by atoms with van der Waals surface area (Å²) in [6.07, 6.45) is 0. The van der Waals surface area contributed by atoms with E-state index in [0.717, 1.165) is 10.0 Å². The van der Waals surface area contributed by atoms with Gasteiger partial charge in [-0.1, -0.05) is 57.3 Å². The van der Waals surface area contributed by atoms with Gasteiger partial charge in [0.15, 0.2) is 11.5 Å². The highest BCUT2D eigenvalue weighted by atomic mass is 79.9. The first-order valence-electron chi connectivity index (χ1n) is 10.3. The van der Waals surface area contributed by atoms with Gasteiger partial charge in [-0.15, -0.1) is 0 Å². The van der Waals surface area contributed by atoms with Crippen molar-refractivity contribution in [3.05, 3.63) is 109 Å². The first-order chi connectivity index (χ1) is 16.2. The molecule has 0 fully saturated rings. The molecule has 1 unspecified atom stereocenters. The van der Waals surface area contributed by atoms with Gasteiger partial charge >= 0.3 is 0 Å². The number of carbonyl (C=O) groups is 2. The molecule has 0 bridgehead atoms. The van der Waals surface area contributed by atoms with Crippen molar-refractivity contribution in [2.75, 3.05) is 4.90 Å². The summed E-state index contributed by atoms with van der Waals surface area (Å²) >= 11 is 15.8. The summed E-state index contributed by atoms with van der Waals surface area (Å²) in [5.41, 5.74) is 2.31. The summed E-state index contributed by atoms with van der Waals surface area (Å²) in [6.45, 7) is 1.85. The summed E-state index contributed by atoms with van der Waals surface area (Å²) < 4.78 is 6.60. The van der Waals surface area contributed by atoms with Crippen LogP contribution in [0.15, 0.2) is 87.0 Å². The Morgan fingerprint density at radius 1 is 1.03 bits per heavy atom. The Hall–Kier alpha value is -3.06. The fraction of sp³-hybridized carbons (Fsp3) is 0.0769. The summed E-state index contributed by atoms with van der Waals surface area (Å²) in [7, 11) is 0. The molecule has 0 radical (unpaired) electrons. The second-order valence-corrected chi connectivity index (χ2v) is 9.71. The maximum absolute atomic E-state index is 13.7. The van der Waals surface area contributed by atoms with Gasteiger partial charge in [-0.3, -0.25) is 14.5 Å². The minimum atomic E-state index is -0.906. The Morgan fingerprint density at radius 2 is 1.76 bits per heavy atom. The minimum Gasteiger partial charge on any atom is -0.503 e. The molecule has 0 aliphatic carbocycles. The van der Waals surface area contributed by atoms with Crippen LogP contribution < -0.4 is 4.90 Å². The number of amides is 1. The first-order valence-corrected chi connectivity index (χ1v) is 11.8. The van der Waals surface area contributed by atoms with Crippen molar-refractivity contribution in [2.24, 2.45) is 0 Å². The second kappa shape index (κ2) is 8.62. The summed E-state index contributed by atoms with van der Waals surface area (Å²) in [5.74, 6) is -1.91. The molecule has 5 rings (SSSR count). The van der Waals surface area contributed by atoms with Crippen LogP contribution in [0, 0.1) is 6.92 Å². The minimum absolute atomic E-state index is 0.0187. The number of carbonyl (C=O) groups excluding carboxylic acids is 2. The lowest BCUT2D eigenvalue weighted by molar-refractivity contribution is -0.117. The number of Topliss-reactive ketones (excluding diaryl/α,β-unsaturated/α-hetero) is 1. The van der Waals surface area contributed by atoms with Crippen molar-refractivity contribution in [1.82, 2.24) is 0 Å². The number of ketones is 1. The van der Waals surface area contributed by atoms with Gasteiger partial charge in [0.05, 0.1) is 11.6 Å². The smallest absolute Gasteiger partial charge is 0.294 e. The van der Waals surface area contributed by atoms with Crippen LogP contribution in [0.2, 0.25) is 10.0 Å². The fourth-order valence-corrected chi connectivity index (χ4v) is 4.73. The number of aliphatic hydroxyl groups is 1. The largest absolute Gasteiger partial charge is 0.503 e. The molecular formula is C26H16BrCl2NO4. The van der Waals surface area contributed by atoms with Crippen LogP contribution in [0.5, 0.6) is 0 Å². The van der Waals surface area contributed by atoms with Crippen molar-refractivity contribution in [1.29, 1.82) is 0 Å². The van der Waals surface area contributed by atoms with Crippen molar-refractivity contribution < 1.29 is 19.1 Å². The molecule has 3 aromatic carbocycles. The number of nitrogens with zero attached hydrogens (tertiary/aromatic N) is 1. The van der Waals surface area contributed by atoms with E-state index in [-0.39, 0.29) is 11.3 Å². The Kier molecular flexibility index (Phi) is 5.76. The molecule has 0 saturated carbocycles. The Morgan fingerprint density at radius 3 is 2.47 bits per heavy atom. The van der Waals surface area contributed by atoms with E-state index in [9.17, 15) is 14.7 Å². The van der Waals surface area contributed by atoms with Crippen molar-refractivity contribution in [3.63, 3.8) is 0 Å². The molecule has 170 valence electrons. The molecule has 1 amide bonds. The molecule has 1 atom stereocenters. The van der Waals surface area contributed by atoms with Gasteiger partial charge in [0.2, 0.25) is 5.78 Å². The van der Waals surface area contributed by atoms with Gasteiger partial charge in [-0.25, -0.2) is 0 Å². The lowest BCUT2D eigenvalue weighted by Crippen LogP contribution is -2.31. The number of aliphatic hydroxyl groups excluding tert-OH is 1. The van der Waals surface area contributed by atoms with Crippen LogP contribution in [-0.4, -0.2) is 16.8 Å². The third-order valence-electron chi connectivity index (χ3n) is 5.77. The zero-order chi connectivity index (χ0) is 24.1. The third-order valence-corrected chi connectivity index (χ3v) is 6.93. The lowest BCUT2D eigenvalue weighted by atomic mass is 9.94. The summed E-state index contributed by atoms with van der Waals surface area (Å²) in [6, 6.07) is 17.9. The van der Waals surface area contributed by atoms with Gasteiger partial charge < -0.3 is 9.52 Å². The Labute approximate surface area is 213 Å². The highest BCUT2D eigenvalue weighted by Crippen LogP contribution is 2.43. The average Bonchev–Trinajstić information content (AvgIpc) is 3.34. The molecule has 5 nitrogen and oxygen atoms in total. The van der Waals surface area contributed by atoms with Gasteiger partial charge in [0.25, 0.3) is 5.91 Å². The molecule has 1 aliphatic heterocycles. The Bertz CT molecular complexity index is 1510. The molecule has 4 aromatic rings. The quantitative estimate of drug-likeness (QED) is 0.263. The molecule has 8 heteroatoms. The zero-order valence-electron chi connectivity index (χ0n) is 17.7.